The van der Waals surface area contributed by atoms with Crippen molar-refractivity contribution in [2.75, 3.05) is 0 Å². The molecule has 66 valence electrons. The van der Waals surface area contributed by atoms with Crippen molar-refractivity contribution in [2.45, 2.75) is 0 Å². The van der Waals surface area contributed by atoms with E-state index in [1.807, 2.05) is 0 Å². The van der Waals surface area contributed by atoms with Crippen molar-refractivity contribution in [1.82, 2.24) is 14.7 Å². The SMILES string of the molecule is O=C(O)c1cc(-c2csnn2)on1. The molecule has 2 aromatic heterocycles. The smallest absolute Gasteiger partial charge is 0.358 e. The molecule has 6 nitrogen and oxygen atoms in total. The summed E-state index contributed by atoms with van der Waals surface area (Å²) >= 11 is 1.16. The van der Waals surface area contributed by atoms with Gasteiger partial charge >= 0.3 is 5.97 Å². The monoisotopic (exact) mass is 197 g/mol. The Labute approximate surface area is 76.0 Å². The van der Waals surface area contributed by atoms with Crippen molar-refractivity contribution in [3.05, 3.63) is 17.1 Å². The van der Waals surface area contributed by atoms with Crippen LogP contribution in [0.5, 0.6) is 0 Å². The number of rotatable bonds is 2. The summed E-state index contributed by atoms with van der Waals surface area (Å²) in [5.74, 6) is -0.815. The van der Waals surface area contributed by atoms with Crippen LogP contribution in [-0.4, -0.2) is 25.8 Å². The summed E-state index contributed by atoms with van der Waals surface area (Å²) in [5.41, 5.74) is 0.355. The van der Waals surface area contributed by atoms with Crippen LogP contribution < -0.4 is 0 Å². The van der Waals surface area contributed by atoms with Gasteiger partial charge in [0, 0.05) is 11.4 Å². The van der Waals surface area contributed by atoms with E-state index in [0.717, 1.165) is 11.5 Å². The minimum absolute atomic E-state index is 0.136. The first-order valence-electron chi connectivity index (χ1n) is 3.25. The summed E-state index contributed by atoms with van der Waals surface area (Å²) in [6.45, 7) is 0. The topological polar surface area (TPSA) is 89.1 Å². The lowest BCUT2D eigenvalue weighted by Crippen LogP contribution is -1.94. The number of hydrogen-bond acceptors (Lipinski definition) is 6. The second-order valence-electron chi connectivity index (χ2n) is 2.17. The fraction of sp³-hybridized carbons (Fsp3) is 0. The summed E-state index contributed by atoms with van der Waals surface area (Å²) in [6.07, 6.45) is 0. The van der Waals surface area contributed by atoms with Gasteiger partial charge in [-0.15, -0.1) is 5.10 Å². The van der Waals surface area contributed by atoms with E-state index in [1.165, 1.54) is 6.07 Å². The zero-order valence-corrected chi connectivity index (χ0v) is 6.98. The van der Waals surface area contributed by atoms with Gasteiger partial charge in [0.05, 0.1) is 0 Å². The van der Waals surface area contributed by atoms with E-state index in [0.29, 0.717) is 11.5 Å². The Morgan fingerprint density at radius 2 is 2.46 bits per heavy atom. The third kappa shape index (κ3) is 1.41. The highest BCUT2D eigenvalue weighted by atomic mass is 32.1. The lowest BCUT2D eigenvalue weighted by atomic mass is 10.3. The Bertz CT molecular complexity index is 422. The van der Waals surface area contributed by atoms with Crippen molar-refractivity contribution in [1.29, 1.82) is 0 Å². The number of aromatic carboxylic acids is 1. The number of nitrogens with zero attached hydrogens (tertiary/aromatic N) is 3. The van der Waals surface area contributed by atoms with E-state index in [-0.39, 0.29) is 5.69 Å². The first-order valence-corrected chi connectivity index (χ1v) is 4.08. The number of hydrogen-bond donors (Lipinski definition) is 1. The Kier molecular flexibility index (Phi) is 1.78. The van der Waals surface area contributed by atoms with Crippen LogP contribution in [0.15, 0.2) is 16.0 Å². The molecule has 0 saturated carbocycles. The van der Waals surface area contributed by atoms with Gasteiger partial charge in [0.2, 0.25) is 0 Å². The minimum Gasteiger partial charge on any atom is -0.476 e. The molecule has 0 amide bonds. The van der Waals surface area contributed by atoms with Crippen molar-refractivity contribution in [3.63, 3.8) is 0 Å². The molecule has 0 saturated heterocycles. The van der Waals surface area contributed by atoms with E-state index in [2.05, 4.69) is 14.7 Å². The molecule has 2 aromatic rings. The van der Waals surface area contributed by atoms with Crippen LogP contribution in [0.4, 0.5) is 0 Å². The molecule has 0 aliphatic carbocycles. The van der Waals surface area contributed by atoms with Crippen molar-refractivity contribution >= 4 is 17.5 Å². The normalized spacial score (nSPS) is 10.2. The first-order chi connectivity index (χ1) is 6.27. The van der Waals surface area contributed by atoms with Crippen LogP contribution in [0, 0.1) is 0 Å². The molecule has 0 aliphatic heterocycles. The molecule has 7 heteroatoms. The predicted octanol–water partition coefficient (Wildman–Crippen LogP) is 0.891. The van der Waals surface area contributed by atoms with Crippen LogP contribution in [0.2, 0.25) is 0 Å². The van der Waals surface area contributed by atoms with Crippen LogP contribution >= 0.6 is 11.5 Å². The summed E-state index contributed by atoms with van der Waals surface area (Å²) in [6, 6.07) is 1.30. The third-order valence-corrected chi connectivity index (χ3v) is 1.85. The largest absolute Gasteiger partial charge is 0.476 e. The molecule has 0 fully saturated rings. The van der Waals surface area contributed by atoms with E-state index in [9.17, 15) is 4.79 Å². The Morgan fingerprint density at radius 3 is 3.00 bits per heavy atom. The zero-order chi connectivity index (χ0) is 9.26. The van der Waals surface area contributed by atoms with E-state index >= 15 is 0 Å². The molecular weight excluding hydrogens is 194 g/mol. The van der Waals surface area contributed by atoms with Crippen molar-refractivity contribution < 1.29 is 14.4 Å². The highest BCUT2D eigenvalue weighted by Gasteiger charge is 2.13. The summed E-state index contributed by atoms with van der Waals surface area (Å²) in [5, 5.41) is 17.2. The molecular formula is C6H3N3O3S. The second kappa shape index (κ2) is 2.94. The van der Waals surface area contributed by atoms with Gasteiger partial charge in [-0.25, -0.2) is 4.79 Å². The first kappa shape index (κ1) is 7.87. The number of aromatic nitrogens is 3. The Balaban J connectivity index is 2.39. The van der Waals surface area contributed by atoms with Crippen LogP contribution in [0.1, 0.15) is 10.5 Å². The molecule has 2 heterocycles. The van der Waals surface area contributed by atoms with Crippen molar-refractivity contribution in [2.24, 2.45) is 0 Å². The maximum absolute atomic E-state index is 10.4. The maximum atomic E-state index is 10.4. The van der Waals surface area contributed by atoms with Gasteiger partial charge in [0.25, 0.3) is 0 Å². The van der Waals surface area contributed by atoms with Gasteiger partial charge in [-0.2, -0.15) is 0 Å². The third-order valence-electron chi connectivity index (χ3n) is 1.34. The lowest BCUT2D eigenvalue weighted by Gasteiger charge is -1.80. The van der Waals surface area contributed by atoms with E-state index in [4.69, 9.17) is 9.63 Å². The lowest BCUT2D eigenvalue weighted by molar-refractivity contribution is 0.0686. The van der Waals surface area contributed by atoms with E-state index < -0.39 is 5.97 Å². The predicted molar refractivity (Wildman–Crippen MR) is 42.4 cm³/mol. The van der Waals surface area contributed by atoms with Gasteiger partial charge in [-0.1, -0.05) is 9.64 Å². The second-order valence-corrected chi connectivity index (χ2v) is 2.78. The van der Waals surface area contributed by atoms with Gasteiger partial charge in [-0.05, 0) is 11.5 Å². The summed E-state index contributed by atoms with van der Waals surface area (Å²) in [7, 11) is 0. The average molecular weight is 197 g/mol. The quantitative estimate of drug-likeness (QED) is 0.768. The van der Waals surface area contributed by atoms with Crippen LogP contribution in [0.3, 0.4) is 0 Å². The molecule has 13 heavy (non-hydrogen) atoms. The molecule has 2 rings (SSSR count). The fourth-order valence-corrected chi connectivity index (χ4v) is 1.21. The molecule has 0 spiro atoms. The molecule has 0 radical (unpaired) electrons. The molecule has 0 aliphatic rings. The highest BCUT2D eigenvalue weighted by Crippen LogP contribution is 2.18. The molecule has 0 unspecified atom stereocenters. The Hall–Kier alpha value is -1.76. The van der Waals surface area contributed by atoms with Crippen LogP contribution in [-0.2, 0) is 0 Å². The number of carboxylic acids is 1. The Morgan fingerprint density at radius 1 is 1.62 bits per heavy atom. The average Bonchev–Trinajstić information content (AvgIpc) is 2.75. The number of carboxylic acid groups (broad SMARTS) is 1. The van der Waals surface area contributed by atoms with E-state index in [1.54, 1.807) is 5.38 Å². The van der Waals surface area contributed by atoms with Gasteiger partial charge in [0.1, 0.15) is 5.69 Å². The molecule has 1 N–H and O–H groups in total. The van der Waals surface area contributed by atoms with Gasteiger partial charge in [0.15, 0.2) is 11.5 Å². The van der Waals surface area contributed by atoms with Gasteiger partial charge < -0.3 is 9.63 Å². The highest BCUT2D eigenvalue weighted by molar-refractivity contribution is 7.03. The standard InChI is InChI=1S/C6H3N3O3S/c10-6(11)3-1-5(12-8-3)4-2-13-9-7-4/h1-2H,(H,10,11). The minimum atomic E-state index is -1.13. The molecule has 0 aromatic carbocycles. The number of carbonyl (C=O) groups is 1. The summed E-state index contributed by atoms with van der Waals surface area (Å²) in [4.78, 5) is 10.4. The zero-order valence-electron chi connectivity index (χ0n) is 6.17. The maximum Gasteiger partial charge on any atom is 0.358 e. The molecule has 0 atom stereocenters. The fourth-order valence-electron chi connectivity index (χ4n) is 0.769. The summed E-state index contributed by atoms with van der Waals surface area (Å²) < 4.78 is 8.35. The molecule has 0 bridgehead atoms. The van der Waals surface area contributed by atoms with Gasteiger partial charge in [-0.3, -0.25) is 0 Å². The van der Waals surface area contributed by atoms with Crippen molar-refractivity contribution in [3.8, 4) is 11.5 Å². The van der Waals surface area contributed by atoms with Crippen LogP contribution in [0.25, 0.3) is 11.5 Å².